The topological polar surface area (TPSA) is 77.5 Å². The first-order chi connectivity index (χ1) is 10.4. The smallest absolute Gasteiger partial charge is 0.748 e. The summed E-state index contributed by atoms with van der Waals surface area (Å²) in [5.74, 6) is -0.571. The van der Waals surface area contributed by atoms with Gasteiger partial charge in [-0.05, 0) is 25.3 Å². The van der Waals surface area contributed by atoms with Gasteiger partial charge in [0, 0.05) is 19.3 Å². The molecule has 7 heteroatoms. The van der Waals surface area contributed by atoms with Crippen molar-refractivity contribution in [2.24, 2.45) is 0 Å². The molecule has 5 nitrogen and oxygen atoms in total. The van der Waals surface area contributed by atoms with Gasteiger partial charge in [-0.15, -0.1) is 0 Å². The average molecular weight is 355 g/mol. The number of carbonyl (C=O) groups is 1. The summed E-state index contributed by atoms with van der Waals surface area (Å²) < 4.78 is 31.4. The monoisotopic (exact) mass is 355 g/mol. The molecule has 0 aliphatic heterocycles. The SMILES string of the molecule is CCCCCCCCC/C=C/C(=O)N(C)CCCS(=O)(=O)[O-].[Na+]. The molecule has 0 aromatic carbocycles. The zero-order valence-electron chi connectivity index (χ0n) is 14.9. The molecular weight excluding hydrogens is 325 g/mol. The number of hydrogen-bond donors (Lipinski definition) is 0. The molecule has 0 rings (SSSR count). The Labute approximate surface area is 163 Å². The van der Waals surface area contributed by atoms with Crippen molar-refractivity contribution in [1.29, 1.82) is 0 Å². The van der Waals surface area contributed by atoms with Crippen molar-refractivity contribution >= 4 is 16.0 Å². The number of likely N-dealkylation sites (N-methyl/N-ethyl adjacent to an activating group) is 1. The van der Waals surface area contributed by atoms with Crippen LogP contribution in [0.2, 0.25) is 0 Å². The molecule has 0 heterocycles. The predicted octanol–water partition coefficient (Wildman–Crippen LogP) is 0.0810. The summed E-state index contributed by atoms with van der Waals surface area (Å²) in [5, 5.41) is 0. The minimum Gasteiger partial charge on any atom is -0.748 e. The Bertz CT molecular complexity index is 424. The van der Waals surface area contributed by atoms with Gasteiger partial charge in [-0.3, -0.25) is 4.79 Å². The Morgan fingerprint density at radius 2 is 1.61 bits per heavy atom. The molecule has 0 unspecified atom stereocenters. The van der Waals surface area contributed by atoms with Crippen LogP contribution in [-0.4, -0.2) is 43.1 Å². The first kappa shape index (κ1) is 25.4. The van der Waals surface area contributed by atoms with Crippen molar-refractivity contribution in [3.8, 4) is 0 Å². The Balaban J connectivity index is 0. The summed E-state index contributed by atoms with van der Waals surface area (Å²) in [6.07, 6.45) is 13.2. The third-order valence-electron chi connectivity index (χ3n) is 3.50. The quantitative estimate of drug-likeness (QED) is 0.203. The van der Waals surface area contributed by atoms with Gasteiger partial charge in [-0.25, -0.2) is 8.42 Å². The number of allylic oxidation sites excluding steroid dienone is 1. The largest absolute Gasteiger partial charge is 1.00 e. The maximum atomic E-state index is 11.7. The van der Waals surface area contributed by atoms with Gasteiger partial charge in [0.1, 0.15) is 0 Å². The molecule has 130 valence electrons. The zero-order valence-corrected chi connectivity index (χ0v) is 17.7. The van der Waals surface area contributed by atoms with E-state index in [1.54, 1.807) is 7.05 Å². The van der Waals surface area contributed by atoms with Crippen LogP contribution in [0.4, 0.5) is 0 Å². The Hall–Kier alpha value is 0.120. The molecular formula is C16H30NNaO4S. The Morgan fingerprint density at radius 1 is 1.04 bits per heavy atom. The van der Waals surface area contributed by atoms with Gasteiger partial charge in [-0.1, -0.05) is 51.5 Å². The third-order valence-corrected chi connectivity index (χ3v) is 4.29. The molecule has 0 bridgehead atoms. The Morgan fingerprint density at radius 3 is 2.17 bits per heavy atom. The van der Waals surface area contributed by atoms with Gasteiger partial charge in [0.25, 0.3) is 0 Å². The second-order valence-corrected chi connectivity index (χ2v) is 7.21. The first-order valence-corrected chi connectivity index (χ1v) is 9.79. The van der Waals surface area contributed by atoms with E-state index in [9.17, 15) is 17.8 Å². The van der Waals surface area contributed by atoms with Crippen LogP contribution in [0.1, 0.15) is 64.7 Å². The van der Waals surface area contributed by atoms with Crippen molar-refractivity contribution in [2.75, 3.05) is 19.3 Å². The summed E-state index contributed by atoms with van der Waals surface area (Å²) in [6.45, 7) is 2.49. The third kappa shape index (κ3) is 18.3. The van der Waals surface area contributed by atoms with Crippen LogP contribution in [-0.2, 0) is 14.9 Å². The second-order valence-electron chi connectivity index (χ2n) is 5.69. The normalized spacial score (nSPS) is 11.4. The molecule has 0 radical (unpaired) electrons. The number of rotatable bonds is 13. The van der Waals surface area contributed by atoms with E-state index in [0.717, 1.165) is 12.8 Å². The summed E-state index contributed by atoms with van der Waals surface area (Å²) in [5.41, 5.74) is 0. The molecule has 1 amide bonds. The molecule has 0 saturated heterocycles. The average Bonchev–Trinajstić information content (AvgIpc) is 2.43. The predicted molar refractivity (Wildman–Crippen MR) is 88.6 cm³/mol. The molecule has 0 atom stereocenters. The van der Waals surface area contributed by atoms with E-state index in [4.69, 9.17) is 0 Å². The van der Waals surface area contributed by atoms with E-state index < -0.39 is 15.9 Å². The van der Waals surface area contributed by atoms with Crippen molar-refractivity contribution < 1.29 is 47.3 Å². The van der Waals surface area contributed by atoms with E-state index in [0.29, 0.717) is 0 Å². The molecule has 0 N–H and O–H groups in total. The maximum absolute atomic E-state index is 11.7. The summed E-state index contributed by atoms with van der Waals surface area (Å²) >= 11 is 0. The van der Waals surface area contributed by atoms with Gasteiger partial charge in [0.2, 0.25) is 5.91 Å². The van der Waals surface area contributed by atoms with Crippen molar-refractivity contribution in [1.82, 2.24) is 4.90 Å². The van der Waals surface area contributed by atoms with Crippen LogP contribution in [0.3, 0.4) is 0 Å². The van der Waals surface area contributed by atoms with Gasteiger partial charge < -0.3 is 9.45 Å². The van der Waals surface area contributed by atoms with Crippen LogP contribution in [0.15, 0.2) is 12.2 Å². The van der Waals surface area contributed by atoms with Gasteiger partial charge in [0.15, 0.2) is 0 Å². The van der Waals surface area contributed by atoms with E-state index >= 15 is 0 Å². The van der Waals surface area contributed by atoms with Crippen LogP contribution < -0.4 is 29.6 Å². The number of nitrogens with zero attached hydrogens (tertiary/aromatic N) is 1. The van der Waals surface area contributed by atoms with E-state index in [2.05, 4.69) is 6.92 Å². The standard InChI is InChI=1S/C16H31NO4S.Na/c1-3-4-5-6-7-8-9-10-11-13-16(18)17(2)14-12-15-22(19,20)21;/h11,13H,3-10,12,14-15H2,1-2H3,(H,19,20,21);/q;+1/p-1/b13-11+;. The molecule has 0 aliphatic carbocycles. The number of unbranched alkanes of at least 4 members (excludes halogenated alkanes) is 7. The molecule has 0 fully saturated rings. The van der Waals surface area contributed by atoms with Crippen molar-refractivity contribution in [2.45, 2.75) is 64.7 Å². The van der Waals surface area contributed by atoms with Crippen molar-refractivity contribution in [3.63, 3.8) is 0 Å². The molecule has 23 heavy (non-hydrogen) atoms. The van der Waals surface area contributed by atoms with Crippen LogP contribution >= 0.6 is 0 Å². The van der Waals surface area contributed by atoms with Gasteiger partial charge >= 0.3 is 29.6 Å². The maximum Gasteiger partial charge on any atom is 1.00 e. The van der Waals surface area contributed by atoms with E-state index in [1.165, 1.54) is 49.5 Å². The van der Waals surface area contributed by atoms with Crippen LogP contribution in [0.5, 0.6) is 0 Å². The fraction of sp³-hybridized carbons (Fsp3) is 0.812. The molecule has 0 aromatic rings. The Kier molecular flexibility index (Phi) is 17.2. The fourth-order valence-corrected chi connectivity index (χ4v) is 2.60. The second kappa shape index (κ2) is 15.6. The van der Waals surface area contributed by atoms with Crippen LogP contribution in [0, 0.1) is 0 Å². The summed E-state index contributed by atoms with van der Waals surface area (Å²) in [4.78, 5) is 13.2. The molecule has 0 saturated carbocycles. The number of carbonyl (C=O) groups excluding carboxylic acids is 1. The van der Waals surface area contributed by atoms with Gasteiger partial charge in [-0.2, -0.15) is 0 Å². The minimum atomic E-state index is -4.19. The zero-order chi connectivity index (χ0) is 16.8. The van der Waals surface area contributed by atoms with E-state index in [-0.39, 0.29) is 48.4 Å². The van der Waals surface area contributed by atoms with Crippen LogP contribution in [0.25, 0.3) is 0 Å². The number of amides is 1. The summed E-state index contributed by atoms with van der Waals surface area (Å²) in [6, 6.07) is 0. The summed E-state index contributed by atoms with van der Waals surface area (Å²) in [7, 11) is -2.58. The number of hydrogen-bond acceptors (Lipinski definition) is 4. The minimum absolute atomic E-state index is 0. The molecule has 0 aromatic heterocycles. The molecule has 0 spiro atoms. The fourth-order valence-electron chi connectivity index (χ4n) is 2.12. The molecule has 0 aliphatic rings. The van der Waals surface area contributed by atoms with Gasteiger partial charge in [0.05, 0.1) is 10.1 Å². The first-order valence-electron chi connectivity index (χ1n) is 8.22. The van der Waals surface area contributed by atoms with E-state index in [1.807, 2.05) is 6.08 Å². The van der Waals surface area contributed by atoms with Crippen molar-refractivity contribution in [3.05, 3.63) is 12.2 Å².